The van der Waals surface area contributed by atoms with E-state index in [9.17, 15) is 18.0 Å². The number of carbonyl (C=O) groups excluding carboxylic acids is 1. The molecular formula is C19H20F3N3O2. The first-order chi connectivity index (χ1) is 12.8. The van der Waals surface area contributed by atoms with Crippen molar-refractivity contribution in [3.63, 3.8) is 0 Å². The van der Waals surface area contributed by atoms with Crippen molar-refractivity contribution in [1.29, 1.82) is 0 Å². The van der Waals surface area contributed by atoms with E-state index < -0.39 is 11.7 Å². The number of alkyl halides is 3. The molecule has 1 fully saturated rings. The van der Waals surface area contributed by atoms with Gasteiger partial charge in [0.05, 0.1) is 17.8 Å². The van der Waals surface area contributed by atoms with Crippen LogP contribution in [0.2, 0.25) is 0 Å². The van der Waals surface area contributed by atoms with E-state index in [0.29, 0.717) is 25.2 Å². The summed E-state index contributed by atoms with van der Waals surface area (Å²) in [4.78, 5) is 16.2. The van der Waals surface area contributed by atoms with Gasteiger partial charge in [-0.15, -0.1) is 0 Å². The molecule has 0 radical (unpaired) electrons. The molecule has 0 unspecified atom stereocenters. The number of hydrogen-bond donors (Lipinski definition) is 0. The van der Waals surface area contributed by atoms with Gasteiger partial charge in [-0.25, -0.2) is 0 Å². The summed E-state index contributed by atoms with van der Waals surface area (Å²) in [5, 5.41) is 3.86. The minimum Gasteiger partial charge on any atom is -0.360 e. The van der Waals surface area contributed by atoms with Crippen LogP contribution in [-0.2, 0) is 17.5 Å². The molecule has 5 nitrogen and oxygen atoms in total. The highest BCUT2D eigenvalue weighted by Gasteiger charge is 2.29. The van der Waals surface area contributed by atoms with Crippen molar-refractivity contribution in [1.82, 2.24) is 15.0 Å². The molecule has 3 rings (SSSR count). The number of carbonyl (C=O) groups is 1. The summed E-state index contributed by atoms with van der Waals surface area (Å²) in [5.41, 5.74) is 0.687. The molecule has 1 aromatic carbocycles. The second kappa shape index (κ2) is 7.96. The average molecular weight is 379 g/mol. The summed E-state index contributed by atoms with van der Waals surface area (Å²) in [6, 6.07) is 6.61. The minimum atomic E-state index is -4.36. The van der Waals surface area contributed by atoms with Gasteiger partial charge >= 0.3 is 6.18 Å². The number of benzene rings is 1. The quantitative estimate of drug-likeness (QED) is 0.765. The molecule has 144 valence electrons. The smallest absolute Gasteiger partial charge is 0.360 e. The van der Waals surface area contributed by atoms with E-state index in [1.807, 2.05) is 13.0 Å². The van der Waals surface area contributed by atoms with Crippen molar-refractivity contribution in [2.24, 2.45) is 0 Å². The highest BCUT2D eigenvalue weighted by atomic mass is 19.4. The lowest BCUT2D eigenvalue weighted by atomic mass is 10.1. The first-order valence-electron chi connectivity index (χ1n) is 8.60. The summed E-state index contributed by atoms with van der Waals surface area (Å²) >= 11 is 0. The van der Waals surface area contributed by atoms with Gasteiger partial charge in [0.1, 0.15) is 0 Å². The van der Waals surface area contributed by atoms with Crippen LogP contribution in [0.3, 0.4) is 0 Å². The van der Waals surface area contributed by atoms with Crippen LogP contribution in [0.1, 0.15) is 22.6 Å². The van der Waals surface area contributed by atoms with Crippen LogP contribution in [0, 0.1) is 6.92 Å². The second-order valence-electron chi connectivity index (χ2n) is 6.49. The fraction of sp³-hybridized carbons (Fsp3) is 0.368. The van der Waals surface area contributed by atoms with Crippen molar-refractivity contribution in [2.45, 2.75) is 19.6 Å². The Morgan fingerprint density at radius 1 is 1.19 bits per heavy atom. The third-order valence-electron chi connectivity index (χ3n) is 4.40. The molecule has 0 spiro atoms. The normalized spacial score (nSPS) is 16.2. The Labute approximate surface area is 155 Å². The Kier molecular flexibility index (Phi) is 5.65. The summed E-state index contributed by atoms with van der Waals surface area (Å²) < 4.78 is 42.9. The zero-order valence-electron chi connectivity index (χ0n) is 14.9. The van der Waals surface area contributed by atoms with Crippen molar-refractivity contribution >= 4 is 12.0 Å². The van der Waals surface area contributed by atoms with Gasteiger partial charge in [0, 0.05) is 38.3 Å². The molecule has 2 heterocycles. The summed E-state index contributed by atoms with van der Waals surface area (Å²) in [6.45, 7) is 5.14. The van der Waals surface area contributed by atoms with Crippen molar-refractivity contribution in [3.05, 3.63) is 59.0 Å². The molecule has 1 aromatic heterocycles. The van der Waals surface area contributed by atoms with Crippen molar-refractivity contribution in [3.8, 4) is 0 Å². The molecular weight excluding hydrogens is 359 g/mol. The first kappa shape index (κ1) is 19.2. The predicted molar refractivity (Wildman–Crippen MR) is 93.6 cm³/mol. The molecule has 0 atom stereocenters. The van der Waals surface area contributed by atoms with E-state index in [2.05, 4.69) is 10.1 Å². The molecule has 8 heteroatoms. The number of aromatic nitrogens is 1. The number of rotatable bonds is 4. The number of halogens is 3. The van der Waals surface area contributed by atoms with E-state index in [0.717, 1.165) is 36.7 Å². The minimum absolute atomic E-state index is 0.148. The molecule has 0 aliphatic carbocycles. The van der Waals surface area contributed by atoms with Crippen LogP contribution in [0.15, 0.2) is 40.9 Å². The Morgan fingerprint density at radius 3 is 2.41 bits per heavy atom. The second-order valence-corrected chi connectivity index (χ2v) is 6.49. The summed E-state index contributed by atoms with van der Waals surface area (Å²) in [5.74, 6) is 0.652. The van der Waals surface area contributed by atoms with Gasteiger partial charge in [0.25, 0.3) is 0 Å². The van der Waals surface area contributed by atoms with Crippen LogP contribution < -0.4 is 0 Å². The van der Waals surface area contributed by atoms with Crippen LogP contribution in [-0.4, -0.2) is 47.0 Å². The van der Waals surface area contributed by atoms with Crippen LogP contribution in [0.4, 0.5) is 13.2 Å². The Hall–Kier alpha value is -2.61. The molecule has 1 aliphatic heterocycles. The van der Waals surface area contributed by atoms with Gasteiger partial charge in [-0.1, -0.05) is 17.3 Å². The molecule has 1 saturated heterocycles. The fourth-order valence-electron chi connectivity index (χ4n) is 2.89. The van der Waals surface area contributed by atoms with Crippen LogP contribution in [0.5, 0.6) is 0 Å². The molecule has 2 aromatic rings. The SMILES string of the molecule is Cc1cc(CN2CCN(C(=O)/C=C/c3ccc(C(F)(F)F)cc3)CC2)on1. The van der Waals surface area contributed by atoms with Gasteiger partial charge in [0.15, 0.2) is 5.76 Å². The topological polar surface area (TPSA) is 49.6 Å². The number of piperazine rings is 1. The Bertz CT molecular complexity index is 804. The van der Waals surface area contributed by atoms with Crippen molar-refractivity contribution < 1.29 is 22.5 Å². The van der Waals surface area contributed by atoms with E-state index in [1.165, 1.54) is 24.3 Å². The zero-order valence-corrected chi connectivity index (χ0v) is 14.9. The van der Waals surface area contributed by atoms with Crippen LogP contribution >= 0.6 is 0 Å². The number of aryl methyl sites for hydroxylation is 1. The average Bonchev–Trinajstić information content (AvgIpc) is 3.04. The van der Waals surface area contributed by atoms with Gasteiger partial charge in [0.2, 0.25) is 5.91 Å². The van der Waals surface area contributed by atoms with E-state index in [-0.39, 0.29) is 5.91 Å². The Morgan fingerprint density at radius 2 is 1.85 bits per heavy atom. The van der Waals surface area contributed by atoms with Gasteiger partial charge in [-0.05, 0) is 30.7 Å². The maximum absolute atomic E-state index is 12.6. The Balaban J connectivity index is 1.49. The predicted octanol–water partition coefficient (Wildman–Crippen LogP) is 3.36. The maximum atomic E-state index is 12.6. The molecule has 0 N–H and O–H groups in total. The maximum Gasteiger partial charge on any atom is 0.416 e. The van der Waals surface area contributed by atoms with Gasteiger partial charge in [-0.2, -0.15) is 13.2 Å². The van der Waals surface area contributed by atoms with E-state index in [4.69, 9.17) is 4.52 Å². The lowest BCUT2D eigenvalue weighted by Gasteiger charge is -2.33. The lowest BCUT2D eigenvalue weighted by Crippen LogP contribution is -2.47. The fourth-order valence-corrected chi connectivity index (χ4v) is 2.89. The third kappa shape index (κ3) is 5.19. The van der Waals surface area contributed by atoms with Crippen LogP contribution in [0.25, 0.3) is 6.08 Å². The number of amides is 1. The molecule has 0 bridgehead atoms. The van der Waals surface area contributed by atoms with E-state index >= 15 is 0 Å². The molecule has 1 amide bonds. The van der Waals surface area contributed by atoms with Crippen molar-refractivity contribution in [2.75, 3.05) is 26.2 Å². The summed E-state index contributed by atoms with van der Waals surface area (Å²) in [7, 11) is 0. The van der Waals surface area contributed by atoms with Gasteiger partial charge in [-0.3, -0.25) is 9.69 Å². The summed E-state index contributed by atoms with van der Waals surface area (Å²) in [6.07, 6.45) is -1.42. The lowest BCUT2D eigenvalue weighted by molar-refractivity contribution is -0.137. The molecule has 27 heavy (non-hydrogen) atoms. The standard InChI is InChI=1S/C19H20F3N3O2/c1-14-12-17(27-23-14)13-24-8-10-25(11-9-24)18(26)7-4-15-2-5-16(6-3-15)19(20,21)22/h2-7,12H,8-11,13H2,1H3/b7-4+. The largest absolute Gasteiger partial charge is 0.416 e. The third-order valence-corrected chi connectivity index (χ3v) is 4.40. The first-order valence-corrected chi connectivity index (χ1v) is 8.60. The number of hydrogen-bond acceptors (Lipinski definition) is 4. The zero-order chi connectivity index (χ0) is 19.4. The highest BCUT2D eigenvalue weighted by molar-refractivity contribution is 5.91. The number of nitrogens with zero attached hydrogens (tertiary/aromatic N) is 3. The highest BCUT2D eigenvalue weighted by Crippen LogP contribution is 2.29. The monoisotopic (exact) mass is 379 g/mol. The van der Waals surface area contributed by atoms with E-state index in [1.54, 1.807) is 4.90 Å². The van der Waals surface area contributed by atoms with Gasteiger partial charge < -0.3 is 9.42 Å². The molecule has 0 saturated carbocycles. The molecule has 1 aliphatic rings.